The molecule has 3 aromatic rings. The Balaban J connectivity index is 1.26. The van der Waals surface area contributed by atoms with Crippen molar-refractivity contribution in [1.82, 2.24) is 9.88 Å². The third-order valence-corrected chi connectivity index (χ3v) is 5.63. The zero-order chi connectivity index (χ0) is 20.4. The molecule has 0 spiro atoms. The van der Waals surface area contributed by atoms with E-state index >= 15 is 0 Å². The van der Waals surface area contributed by atoms with E-state index < -0.39 is 5.82 Å². The summed E-state index contributed by atoms with van der Waals surface area (Å²) < 4.78 is 19.7. The molecule has 1 fully saturated rings. The Hall–Kier alpha value is -2.15. The minimum atomic E-state index is -0.536. The molecule has 1 amide bonds. The van der Waals surface area contributed by atoms with Gasteiger partial charge in [0.1, 0.15) is 11.3 Å². The van der Waals surface area contributed by atoms with E-state index in [9.17, 15) is 9.18 Å². The van der Waals surface area contributed by atoms with Crippen LogP contribution in [0.4, 0.5) is 10.1 Å². The topological polar surface area (TPSA) is 58.4 Å². The minimum Gasteiger partial charge on any atom is -0.440 e. The van der Waals surface area contributed by atoms with Crippen molar-refractivity contribution in [3.8, 4) is 0 Å². The first-order valence-electron chi connectivity index (χ1n) is 9.51. The number of rotatable bonds is 5. The molecule has 0 saturated carbocycles. The number of carbonyl (C=O) groups is 1. The number of hydrogen-bond donors (Lipinski definition) is 1. The van der Waals surface area contributed by atoms with Crippen LogP contribution in [-0.4, -0.2) is 35.4 Å². The quantitative estimate of drug-likeness (QED) is 0.575. The molecule has 1 aromatic heterocycles. The highest BCUT2D eigenvalue weighted by Crippen LogP contribution is 2.30. The third-order valence-electron chi connectivity index (χ3n) is 5.16. The van der Waals surface area contributed by atoms with Crippen molar-refractivity contribution in [2.75, 3.05) is 25.0 Å². The fraction of sp³-hybridized carbons (Fsp3) is 0.333. The van der Waals surface area contributed by atoms with Crippen LogP contribution in [0.15, 0.2) is 40.8 Å². The SMILES string of the molecule is O=C(CCN1CCC(c2nc3cc(Cl)ccc3o2)CC1)Nc1ccc(Cl)cc1F. The summed E-state index contributed by atoms with van der Waals surface area (Å²) in [6, 6.07) is 9.64. The number of piperidine rings is 1. The molecular weight excluding hydrogens is 416 g/mol. The number of halogens is 3. The summed E-state index contributed by atoms with van der Waals surface area (Å²) in [5.41, 5.74) is 1.67. The largest absolute Gasteiger partial charge is 0.440 e. The average molecular weight is 436 g/mol. The van der Waals surface area contributed by atoms with Gasteiger partial charge in [0.15, 0.2) is 11.5 Å². The van der Waals surface area contributed by atoms with Crippen LogP contribution in [0.1, 0.15) is 31.1 Å². The van der Waals surface area contributed by atoms with Crippen molar-refractivity contribution in [2.24, 2.45) is 0 Å². The average Bonchev–Trinajstić information content (AvgIpc) is 3.12. The standard InChI is InChI=1S/C21H20Cl2FN3O2/c22-14-1-3-17(16(24)11-14)25-20(28)7-10-27-8-5-13(6-9-27)21-26-18-12-15(23)2-4-19(18)29-21/h1-4,11-13H,5-10H2,(H,25,28). The Morgan fingerprint density at radius 1 is 1.17 bits per heavy atom. The maximum absolute atomic E-state index is 13.8. The Bertz CT molecular complexity index is 1030. The maximum Gasteiger partial charge on any atom is 0.225 e. The smallest absolute Gasteiger partial charge is 0.225 e. The van der Waals surface area contributed by atoms with Gasteiger partial charge in [0.25, 0.3) is 0 Å². The van der Waals surface area contributed by atoms with Crippen LogP contribution >= 0.6 is 23.2 Å². The van der Waals surface area contributed by atoms with Crippen molar-refractivity contribution >= 4 is 45.9 Å². The van der Waals surface area contributed by atoms with Crippen LogP contribution in [-0.2, 0) is 4.79 Å². The molecule has 8 heteroatoms. The zero-order valence-electron chi connectivity index (χ0n) is 15.6. The molecule has 0 atom stereocenters. The van der Waals surface area contributed by atoms with Gasteiger partial charge in [-0.3, -0.25) is 4.79 Å². The number of amides is 1. The summed E-state index contributed by atoms with van der Waals surface area (Å²) >= 11 is 11.7. The number of likely N-dealkylation sites (tertiary alicyclic amines) is 1. The second-order valence-corrected chi connectivity index (χ2v) is 8.08. The van der Waals surface area contributed by atoms with Gasteiger partial charge in [-0.2, -0.15) is 0 Å². The highest BCUT2D eigenvalue weighted by atomic mass is 35.5. The van der Waals surface area contributed by atoms with Crippen LogP contribution in [0, 0.1) is 5.82 Å². The highest BCUT2D eigenvalue weighted by Gasteiger charge is 2.25. The second kappa shape index (κ2) is 8.69. The fourth-order valence-corrected chi connectivity index (χ4v) is 3.88. The number of hydrogen-bond acceptors (Lipinski definition) is 4. The molecule has 1 saturated heterocycles. The van der Waals surface area contributed by atoms with Crippen LogP contribution in [0.5, 0.6) is 0 Å². The first-order valence-corrected chi connectivity index (χ1v) is 10.3. The second-order valence-electron chi connectivity index (χ2n) is 7.20. The number of oxazole rings is 1. The van der Waals surface area contributed by atoms with Crippen LogP contribution in [0.3, 0.4) is 0 Å². The van der Waals surface area contributed by atoms with Crippen molar-refractivity contribution < 1.29 is 13.6 Å². The van der Waals surface area contributed by atoms with Crippen molar-refractivity contribution in [2.45, 2.75) is 25.2 Å². The molecule has 0 unspecified atom stereocenters. The number of carbonyl (C=O) groups excluding carboxylic acids is 1. The van der Waals surface area contributed by atoms with Crippen molar-refractivity contribution in [1.29, 1.82) is 0 Å². The zero-order valence-corrected chi connectivity index (χ0v) is 17.1. The van der Waals surface area contributed by atoms with Gasteiger partial charge in [0, 0.05) is 28.9 Å². The Morgan fingerprint density at radius 3 is 2.66 bits per heavy atom. The van der Waals surface area contributed by atoms with Gasteiger partial charge in [-0.1, -0.05) is 23.2 Å². The third kappa shape index (κ3) is 4.89. The minimum absolute atomic E-state index is 0.147. The van der Waals surface area contributed by atoms with E-state index in [-0.39, 0.29) is 17.5 Å². The first-order chi connectivity index (χ1) is 14.0. The Morgan fingerprint density at radius 2 is 1.90 bits per heavy atom. The lowest BCUT2D eigenvalue weighted by Gasteiger charge is -2.30. The van der Waals surface area contributed by atoms with Gasteiger partial charge in [-0.15, -0.1) is 0 Å². The highest BCUT2D eigenvalue weighted by molar-refractivity contribution is 6.31. The van der Waals surface area contributed by atoms with Gasteiger partial charge in [0.2, 0.25) is 5.91 Å². The number of aromatic nitrogens is 1. The van der Waals surface area contributed by atoms with Crippen LogP contribution in [0.25, 0.3) is 11.1 Å². The normalized spacial score (nSPS) is 15.7. The molecule has 4 rings (SSSR count). The predicted molar refractivity (Wildman–Crippen MR) is 112 cm³/mol. The number of nitrogens with zero attached hydrogens (tertiary/aromatic N) is 2. The summed E-state index contributed by atoms with van der Waals surface area (Å²) in [6.07, 6.45) is 2.12. The van der Waals surface area contributed by atoms with Gasteiger partial charge in [-0.25, -0.2) is 9.37 Å². The molecule has 2 heterocycles. The van der Waals surface area contributed by atoms with Crippen molar-refractivity contribution in [3.05, 3.63) is 58.2 Å². The number of benzene rings is 2. The molecular formula is C21H20Cl2FN3O2. The molecule has 0 aliphatic carbocycles. The Labute approximate surface area is 177 Å². The lowest BCUT2D eigenvalue weighted by Crippen LogP contribution is -2.35. The lowest BCUT2D eigenvalue weighted by atomic mass is 9.96. The fourth-order valence-electron chi connectivity index (χ4n) is 3.56. The summed E-state index contributed by atoms with van der Waals surface area (Å²) in [5.74, 6) is 0.253. The molecule has 1 aliphatic rings. The summed E-state index contributed by atoms with van der Waals surface area (Å²) in [6.45, 7) is 2.33. The van der Waals surface area contributed by atoms with E-state index in [4.69, 9.17) is 27.6 Å². The van der Waals surface area contributed by atoms with E-state index in [1.807, 2.05) is 6.07 Å². The lowest BCUT2D eigenvalue weighted by molar-refractivity contribution is -0.116. The predicted octanol–water partition coefficient (Wildman–Crippen LogP) is 5.48. The van der Waals surface area contributed by atoms with Crippen LogP contribution in [0.2, 0.25) is 10.0 Å². The van der Waals surface area contributed by atoms with Gasteiger partial charge in [-0.05, 0) is 62.3 Å². The Kier molecular flexibility index (Phi) is 6.04. The van der Waals surface area contributed by atoms with Gasteiger partial charge < -0.3 is 14.6 Å². The first kappa shape index (κ1) is 20.1. The molecule has 2 aromatic carbocycles. The molecule has 5 nitrogen and oxygen atoms in total. The molecule has 0 radical (unpaired) electrons. The molecule has 0 bridgehead atoms. The van der Waals surface area contributed by atoms with Gasteiger partial charge >= 0.3 is 0 Å². The van der Waals surface area contributed by atoms with E-state index in [0.717, 1.165) is 42.9 Å². The van der Waals surface area contributed by atoms with E-state index in [1.54, 1.807) is 18.2 Å². The summed E-state index contributed by atoms with van der Waals surface area (Å²) in [5, 5.41) is 3.54. The van der Waals surface area contributed by atoms with Crippen molar-refractivity contribution in [3.63, 3.8) is 0 Å². The molecule has 29 heavy (non-hydrogen) atoms. The van der Waals surface area contributed by atoms with E-state index in [0.29, 0.717) is 23.0 Å². The van der Waals surface area contributed by atoms with E-state index in [1.165, 1.54) is 12.1 Å². The van der Waals surface area contributed by atoms with Crippen LogP contribution < -0.4 is 5.32 Å². The summed E-state index contributed by atoms with van der Waals surface area (Å²) in [7, 11) is 0. The number of anilines is 1. The molecule has 1 N–H and O–H groups in total. The number of fused-ring (bicyclic) bond motifs is 1. The molecule has 1 aliphatic heterocycles. The number of nitrogens with one attached hydrogen (secondary N) is 1. The molecule has 152 valence electrons. The summed E-state index contributed by atoms with van der Waals surface area (Å²) in [4.78, 5) is 18.9. The monoisotopic (exact) mass is 435 g/mol. The van der Waals surface area contributed by atoms with E-state index in [2.05, 4.69) is 15.2 Å². The maximum atomic E-state index is 13.8. The van der Waals surface area contributed by atoms with Gasteiger partial charge in [0.05, 0.1) is 5.69 Å².